The van der Waals surface area contributed by atoms with Gasteiger partial charge in [-0.1, -0.05) is 18.2 Å². The number of halogens is 1. The zero-order valence-corrected chi connectivity index (χ0v) is 23.6. The third-order valence-corrected chi connectivity index (χ3v) is 7.42. The smallest absolute Gasteiger partial charge is 0.459 e. The minimum Gasteiger partial charge on any atom is -0.476 e. The number of imidazole rings is 1. The summed E-state index contributed by atoms with van der Waals surface area (Å²) in [4.78, 5) is 24.5. The molecule has 5 N–H and O–H groups in total. The summed E-state index contributed by atoms with van der Waals surface area (Å²) in [5.41, 5.74) is 5.97. The molecule has 0 spiro atoms. The highest BCUT2D eigenvalue weighted by molar-refractivity contribution is 7.52. The summed E-state index contributed by atoms with van der Waals surface area (Å²) in [5.74, 6) is -3.89. The van der Waals surface area contributed by atoms with Crippen LogP contribution >= 0.6 is 7.75 Å². The molecule has 0 unspecified atom stereocenters. The van der Waals surface area contributed by atoms with E-state index in [9.17, 15) is 19.6 Å². The Hall–Kier alpha value is -3.40. The molecule has 1 fully saturated rings. The number of benzene rings is 1. The molecule has 6 atom stereocenters. The maximum atomic E-state index is 16.0. The molecule has 41 heavy (non-hydrogen) atoms. The number of aromatic nitrogens is 4. The van der Waals surface area contributed by atoms with Gasteiger partial charge in [0, 0.05) is 0 Å². The van der Waals surface area contributed by atoms with Crippen LogP contribution in [-0.2, 0) is 23.4 Å². The first-order valence-corrected chi connectivity index (χ1v) is 14.2. The van der Waals surface area contributed by atoms with Crippen LogP contribution in [0.2, 0.25) is 0 Å². The van der Waals surface area contributed by atoms with Gasteiger partial charge in [-0.25, -0.2) is 13.9 Å². The number of nitrogens with one attached hydrogen (secondary N) is 1. The lowest BCUT2D eigenvalue weighted by Crippen LogP contribution is -2.44. The maximum absolute atomic E-state index is 16.0. The van der Waals surface area contributed by atoms with Gasteiger partial charge < -0.3 is 34.7 Å². The van der Waals surface area contributed by atoms with Crippen molar-refractivity contribution in [2.75, 3.05) is 18.9 Å². The lowest BCUT2D eigenvalue weighted by molar-refractivity contribution is -0.202. The highest BCUT2D eigenvalue weighted by Crippen LogP contribution is 2.48. The topological polar surface area (TPSA) is 202 Å². The number of alkyl halides is 1. The zero-order valence-electron chi connectivity index (χ0n) is 22.7. The van der Waals surface area contributed by atoms with Crippen LogP contribution < -0.4 is 20.1 Å². The number of hydrogen-bond donors (Lipinski definition) is 4. The first-order valence-electron chi connectivity index (χ1n) is 12.7. The predicted octanol–water partition coefficient (Wildman–Crippen LogP) is 1.86. The molecular formula is C24H32FN6O9P. The minimum absolute atomic E-state index is 0.0413. The number of rotatable bonds is 12. The maximum Gasteiger partial charge on any atom is 0.459 e. The monoisotopic (exact) mass is 598 g/mol. The molecule has 3 aromatic rings. The Balaban J connectivity index is 1.57. The molecule has 15 nitrogen and oxygen atoms in total. The molecule has 0 saturated carbocycles. The third-order valence-electron chi connectivity index (χ3n) is 5.79. The lowest BCUT2D eigenvalue weighted by atomic mass is 10.1. The Kier molecular flexibility index (Phi) is 9.11. The van der Waals surface area contributed by atoms with Crippen molar-refractivity contribution in [3.05, 3.63) is 36.7 Å². The molecule has 2 aromatic heterocycles. The molecule has 1 aliphatic heterocycles. The van der Waals surface area contributed by atoms with Gasteiger partial charge in [0.25, 0.3) is 5.85 Å². The van der Waals surface area contributed by atoms with E-state index in [0.29, 0.717) is 0 Å². The quantitative estimate of drug-likeness (QED) is 0.174. The molecule has 1 aromatic carbocycles. The molecule has 17 heteroatoms. The Morgan fingerprint density at radius 3 is 2.63 bits per heavy atom. The van der Waals surface area contributed by atoms with Crippen molar-refractivity contribution >= 4 is 30.8 Å². The molecule has 1 aliphatic rings. The van der Waals surface area contributed by atoms with Gasteiger partial charge in [0.1, 0.15) is 30.6 Å². The number of aliphatic hydroxyl groups is 2. The normalized spacial score (nSPS) is 24.7. The van der Waals surface area contributed by atoms with Crippen molar-refractivity contribution in [2.45, 2.75) is 64.1 Å². The van der Waals surface area contributed by atoms with Crippen molar-refractivity contribution in [1.29, 1.82) is 0 Å². The summed E-state index contributed by atoms with van der Waals surface area (Å²) >= 11 is 0. The molecule has 0 bridgehead atoms. The SMILES string of the molecule is CCOc1nc(N)nc2c1ncn2[C@@H]1O[C@](F)(CO[P@@](=O)(N[C@@H](C)C(=O)OC(C)C)Oc2ccccc2)[C@@H](O)[C@H]1O. The van der Waals surface area contributed by atoms with Crippen LogP contribution in [0, 0.1) is 0 Å². The van der Waals surface area contributed by atoms with Crippen LogP contribution in [0.5, 0.6) is 11.6 Å². The number of aliphatic hydroxyl groups excluding tert-OH is 2. The fourth-order valence-electron chi connectivity index (χ4n) is 3.93. The molecular weight excluding hydrogens is 566 g/mol. The van der Waals surface area contributed by atoms with Crippen LogP contribution in [0.15, 0.2) is 36.7 Å². The number of ether oxygens (including phenoxy) is 3. The van der Waals surface area contributed by atoms with E-state index < -0.39 is 56.8 Å². The van der Waals surface area contributed by atoms with Crippen molar-refractivity contribution in [3.63, 3.8) is 0 Å². The largest absolute Gasteiger partial charge is 0.476 e. The first-order chi connectivity index (χ1) is 19.4. The van der Waals surface area contributed by atoms with Gasteiger partial charge in [0.2, 0.25) is 11.8 Å². The van der Waals surface area contributed by atoms with E-state index in [4.69, 9.17) is 29.0 Å². The average Bonchev–Trinajstić information content (AvgIpc) is 3.42. The van der Waals surface area contributed by atoms with E-state index in [0.717, 1.165) is 4.57 Å². The number of fused-ring (bicyclic) bond motifs is 1. The van der Waals surface area contributed by atoms with E-state index in [1.807, 2.05) is 0 Å². The standard InChI is InChI=1S/C24H32FN6O9P/c1-5-36-20-16-19(28-23(26)29-20)31(12-27-16)21-17(32)18(33)24(25,39-21)11-37-41(35,40-15-9-7-6-8-10-15)30-14(4)22(34)38-13(2)3/h6-10,12-14,17-18,21,32-33H,5,11H2,1-4H3,(H,30,35)(H2,26,28,29)/t14-,17+,18-,21+,24+,41-/m0/s1. The summed E-state index contributed by atoms with van der Waals surface area (Å²) in [6.45, 7) is 5.42. The van der Waals surface area contributed by atoms with Gasteiger partial charge in [0.15, 0.2) is 17.4 Å². The minimum atomic E-state index is -4.51. The number of carbonyl (C=O) groups excluding carboxylic acids is 1. The summed E-state index contributed by atoms with van der Waals surface area (Å²) in [7, 11) is -4.51. The van der Waals surface area contributed by atoms with Gasteiger partial charge in [-0.15, -0.1) is 0 Å². The fourth-order valence-corrected chi connectivity index (χ4v) is 5.43. The van der Waals surface area contributed by atoms with E-state index in [-0.39, 0.29) is 35.3 Å². The Bertz CT molecular complexity index is 1410. The van der Waals surface area contributed by atoms with Crippen molar-refractivity contribution in [2.24, 2.45) is 0 Å². The van der Waals surface area contributed by atoms with Crippen molar-refractivity contribution < 1.29 is 47.2 Å². The second-order valence-corrected chi connectivity index (χ2v) is 11.1. The highest BCUT2D eigenvalue weighted by atomic mass is 31.2. The second-order valence-electron chi connectivity index (χ2n) is 9.39. The van der Waals surface area contributed by atoms with Crippen LogP contribution in [0.4, 0.5) is 10.3 Å². The van der Waals surface area contributed by atoms with Crippen molar-refractivity contribution in [3.8, 4) is 11.6 Å². The van der Waals surface area contributed by atoms with Crippen LogP contribution in [0.25, 0.3) is 11.2 Å². The zero-order chi connectivity index (χ0) is 29.9. The number of anilines is 1. The van der Waals surface area contributed by atoms with E-state index in [1.54, 1.807) is 39.0 Å². The highest BCUT2D eigenvalue weighted by Gasteiger charge is 2.57. The van der Waals surface area contributed by atoms with E-state index >= 15 is 4.39 Å². The molecule has 0 amide bonds. The Morgan fingerprint density at radius 2 is 1.98 bits per heavy atom. The van der Waals surface area contributed by atoms with Gasteiger partial charge in [0.05, 0.1) is 19.0 Å². The number of nitrogens with zero attached hydrogens (tertiary/aromatic N) is 4. The number of para-hydroxylation sites is 1. The summed E-state index contributed by atoms with van der Waals surface area (Å²) in [6.07, 6.45) is -4.86. The van der Waals surface area contributed by atoms with Gasteiger partial charge >= 0.3 is 13.7 Å². The lowest BCUT2D eigenvalue weighted by Gasteiger charge is -2.27. The van der Waals surface area contributed by atoms with Gasteiger partial charge in [-0.3, -0.25) is 13.9 Å². The van der Waals surface area contributed by atoms with Gasteiger partial charge in [-0.05, 0) is 39.8 Å². The van der Waals surface area contributed by atoms with E-state index in [2.05, 4.69) is 20.0 Å². The van der Waals surface area contributed by atoms with Crippen LogP contribution in [0.3, 0.4) is 0 Å². The third kappa shape index (κ3) is 6.74. The molecule has 0 radical (unpaired) electrons. The Labute approximate surface area is 234 Å². The molecule has 1 saturated heterocycles. The number of nitrogen functional groups attached to an aromatic ring is 1. The first kappa shape index (κ1) is 30.6. The average molecular weight is 599 g/mol. The van der Waals surface area contributed by atoms with Gasteiger partial charge in [-0.2, -0.15) is 15.1 Å². The number of hydrogen-bond acceptors (Lipinski definition) is 13. The van der Waals surface area contributed by atoms with Crippen LogP contribution in [-0.4, -0.2) is 79.1 Å². The second kappa shape index (κ2) is 12.2. The van der Waals surface area contributed by atoms with Crippen molar-refractivity contribution in [1.82, 2.24) is 24.6 Å². The number of nitrogens with two attached hydrogens (primary N) is 1. The van der Waals surface area contributed by atoms with Crippen LogP contribution in [0.1, 0.15) is 33.9 Å². The molecule has 224 valence electrons. The summed E-state index contributed by atoms with van der Waals surface area (Å²) in [5, 5.41) is 23.8. The Morgan fingerprint density at radius 1 is 1.27 bits per heavy atom. The van der Waals surface area contributed by atoms with E-state index in [1.165, 1.54) is 25.4 Å². The molecule has 0 aliphatic carbocycles. The summed E-state index contributed by atoms with van der Waals surface area (Å²) < 4.78 is 57.7. The molecule has 4 rings (SSSR count). The molecule has 3 heterocycles. The fraction of sp³-hybridized carbons (Fsp3) is 0.500. The number of carbonyl (C=O) groups is 1. The predicted molar refractivity (Wildman–Crippen MR) is 141 cm³/mol. The number of esters is 1. The summed E-state index contributed by atoms with van der Waals surface area (Å²) in [6, 6.07) is 6.62.